The summed E-state index contributed by atoms with van der Waals surface area (Å²) in [6, 6.07) is 1.67. The van der Waals surface area contributed by atoms with E-state index >= 15 is 0 Å². The number of rotatable bonds is 3. The van der Waals surface area contributed by atoms with Crippen LogP contribution in [0.15, 0.2) is 18.3 Å². The summed E-state index contributed by atoms with van der Waals surface area (Å²) >= 11 is 0. The second kappa shape index (κ2) is 7.28. The summed E-state index contributed by atoms with van der Waals surface area (Å²) in [7, 11) is 0. The zero-order valence-electron chi connectivity index (χ0n) is 12.5. The van der Waals surface area contributed by atoms with Gasteiger partial charge in [-0.1, -0.05) is 0 Å². The van der Waals surface area contributed by atoms with E-state index in [0.717, 1.165) is 25.1 Å². The van der Waals surface area contributed by atoms with Crippen molar-refractivity contribution in [3.8, 4) is 0 Å². The van der Waals surface area contributed by atoms with Crippen molar-refractivity contribution in [2.24, 2.45) is 0 Å². The molecule has 0 spiro atoms. The molecule has 1 saturated heterocycles. The number of hydrogen-bond acceptors (Lipinski definition) is 4. The number of carbonyl (C=O) groups excluding carboxylic acids is 3. The first-order valence-corrected chi connectivity index (χ1v) is 7.17. The molecule has 130 valence electrons. The molecule has 2 rings (SSSR count). The van der Waals surface area contributed by atoms with Crippen molar-refractivity contribution in [3.05, 3.63) is 24.0 Å². The Kier molecular flexibility index (Phi) is 5.37. The van der Waals surface area contributed by atoms with E-state index in [-0.39, 0.29) is 18.1 Å². The Morgan fingerprint density at radius 1 is 1.12 bits per heavy atom. The Morgan fingerprint density at radius 2 is 1.79 bits per heavy atom. The average molecular weight is 344 g/mol. The molecule has 1 aliphatic heterocycles. The molecular weight excluding hydrogens is 329 g/mol. The highest BCUT2D eigenvalue weighted by Gasteiger charge is 2.32. The van der Waals surface area contributed by atoms with Gasteiger partial charge in [0.15, 0.2) is 0 Å². The SMILES string of the molecule is O=C(NCC(=O)N1CCCC1)C(=O)Nc1ccc(C(F)(F)F)nc1. The van der Waals surface area contributed by atoms with Crippen LogP contribution in [-0.4, -0.2) is 47.2 Å². The fraction of sp³-hybridized carbons (Fsp3) is 0.429. The number of likely N-dealkylation sites (tertiary alicyclic amines) is 1. The molecule has 3 amide bonds. The predicted molar refractivity (Wildman–Crippen MR) is 76.7 cm³/mol. The van der Waals surface area contributed by atoms with Crippen LogP contribution in [0.1, 0.15) is 18.5 Å². The van der Waals surface area contributed by atoms with Crippen LogP contribution in [0, 0.1) is 0 Å². The molecular formula is C14H15F3N4O3. The lowest BCUT2D eigenvalue weighted by Crippen LogP contribution is -2.42. The van der Waals surface area contributed by atoms with Gasteiger partial charge in [-0.2, -0.15) is 13.2 Å². The van der Waals surface area contributed by atoms with Gasteiger partial charge >= 0.3 is 18.0 Å². The van der Waals surface area contributed by atoms with Gasteiger partial charge in [-0.05, 0) is 25.0 Å². The zero-order valence-corrected chi connectivity index (χ0v) is 12.5. The van der Waals surface area contributed by atoms with Crippen molar-refractivity contribution < 1.29 is 27.6 Å². The van der Waals surface area contributed by atoms with Crippen molar-refractivity contribution in [2.45, 2.75) is 19.0 Å². The smallest absolute Gasteiger partial charge is 0.341 e. The second-order valence-corrected chi connectivity index (χ2v) is 5.15. The Bertz CT molecular complexity index is 625. The summed E-state index contributed by atoms with van der Waals surface area (Å²) in [6.07, 6.45) is -1.98. The summed E-state index contributed by atoms with van der Waals surface area (Å²) in [4.78, 5) is 39.7. The molecule has 24 heavy (non-hydrogen) atoms. The first kappa shape index (κ1) is 17.7. The van der Waals surface area contributed by atoms with Crippen LogP contribution in [0.5, 0.6) is 0 Å². The molecule has 10 heteroatoms. The van der Waals surface area contributed by atoms with E-state index in [2.05, 4.69) is 15.6 Å². The highest BCUT2D eigenvalue weighted by atomic mass is 19.4. The van der Waals surface area contributed by atoms with Gasteiger partial charge in [0, 0.05) is 13.1 Å². The molecule has 1 aromatic rings. The van der Waals surface area contributed by atoms with E-state index in [4.69, 9.17) is 0 Å². The molecule has 1 aromatic heterocycles. The third kappa shape index (κ3) is 4.67. The van der Waals surface area contributed by atoms with Crippen molar-refractivity contribution in [1.29, 1.82) is 0 Å². The third-order valence-electron chi connectivity index (χ3n) is 3.38. The number of nitrogens with one attached hydrogen (secondary N) is 2. The number of amides is 3. The highest BCUT2D eigenvalue weighted by Crippen LogP contribution is 2.27. The minimum absolute atomic E-state index is 0.0611. The minimum atomic E-state index is -4.59. The fourth-order valence-electron chi connectivity index (χ4n) is 2.14. The van der Waals surface area contributed by atoms with Crippen LogP contribution < -0.4 is 10.6 Å². The van der Waals surface area contributed by atoms with Crippen LogP contribution in [0.4, 0.5) is 18.9 Å². The van der Waals surface area contributed by atoms with Gasteiger partial charge in [0.2, 0.25) is 5.91 Å². The van der Waals surface area contributed by atoms with Crippen molar-refractivity contribution >= 4 is 23.4 Å². The molecule has 0 unspecified atom stereocenters. The van der Waals surface area contributed by atoms with Gasteiger partial charge < -0.3 is 15.5 Å². The highest BCUT2D eigenvalue weighted by molar-refractivity contribution is 6.39. The van der Waals surface area contributed by atoms with Gasteiger partial charge in [0.1, 0.15) is 5.69 Å². The van der Waals surface area contributed by atoms with Crippen LogP contribution in [0.25, 0.3) is 0 Å². The quantitative estimate of drug-likeness (QED) is 0.793. The van der Waals surface area contributed by atoms with Gasteiger partial charge in [-0.15, -0.1) is 0 Å². The van der Waals surface area contributed by atoms with E-state index in [1.54, 1.807) is 4.90 Å². The van der Waals surface area contributed by atoms with E-state index in [9.17, 15) is 27.6 Å². The van der Waals surface area contributed by atoms with Crippen LogP contribution in [0.3, 0.4) is 0 Å². The second-order valence-electron chi connectivity index (χ2n) is 5.15. The maximum atomic E-state index is 12.4. The third-order valence-corrected chi connectivity index (χ3v) is 3.38. The van der Waals surface area contributed by atoms with Crippen molar-refractivity contribution in [2.75, 3.05) is 25.0 Å². The number of alkyl halides is 3. The Morgan fingerprint density at radius 3 is 2.33 bits per heavy atom. The largest absolute Gasteiger partial charge is 0.433 e. The van der Waals surface area contributed by atoms with E-state index < -0.39 is 23.7 Å². The molecule has 0 aromatic carbocycles. The van der Waals surface area contributed by atoms with Crippen LogP contribution >= 0.6 is 0 Å². The molecule has 0 atom stereocenters. The molecule has 0 bridgehead atoms. The summed E-state index contributed by atoms with van der Waals surface area (Å²) in [5, 5.41) is 4.28. The van der Waals surface area contributed by atoms with Gasteiger partial charge in [0.05, 0.1) is 18.4 Å². The Balaban J connectivity index is 1.82. The molecule has 0 saturated carbocycles. The monoisotopic (exact) mass is 344 g/mol. The lowest BCUT2D eigenvalue weighted by molar-refractivity contribution is -0.141. The number of aromatic nitrogens is 1. The van der Waals surface area contributed by atoms with Crippen molar-refractivity contribution in [3.63, 3.8) is 0 Å². The Labute approximate surface area is 135 Å². The summed E-state index contributed by atoms with van der Waals surface area (Å²) in [5.74, 6) is -2.43. The summed E-state index contributed by atoms with van der Waals surface area (Å²) in [5.41, 5.74) is -1.17. The number of anilines is 1. The molecule has 1 aliphatic rings. The summed E-state index contributed by atoms with van der Waals surface area (Å²) < 4.78 is 37.1. The predicted octanol–water partition coefficient (Wildman–Crippen LogP) is 0.777. The van der Waals surface area contributed by atoms with E-state index in [0.29, 0.717) is 19.2 Å². The van der Waals surface area contributed by atoms with Crippen LogP contribution in [0.2, 0.25) is 0 Å². The number of pyridine rings is 1. The van der Waals surface area contributed by atoms with E-state index in [1.165, 1.54) is 0 Å². The number of hydrogen-bond donors (Lipinski definition) is 2. The molecule has 2 heterocycles. The number of halogens is 3. The molecule has 1 fully saturated rings. The van der Waals surface area contributed by atoms with Gasteiger partial charge in [-0.3, -0.25) is 14.4 Å². The first-order valence-electron chi connectivity index (χ1n) is 7.17. The minimum Gasteiger partial charge on any atom is -0.341 e. The zero-order chi connectivity index (χ0) is 17.7. The fourth-order valence-corrected chi connectivity index (χ4v) is 2.14. The molecule has 7 nitrogen and oxygen atoms in total. The first-order chi connectivity index (χ1) is 11.3. The van der Waals surface area contributed by atoms with Crippen molar-refractivity contribution in [1.82, 2.24) is 15.2 Å². The number of carbonyl (C=O) groups is 3. The van der Waals surface area contributed by atoms with Gasteiger partial charge in [-0.25, -0.2) is 4.98 Å². The summed E-state index contributed by atoms with van der Waals surface area (Å²) in [6.45, 7) is 0.938. The topological polar surface area (TPSA) is 91.4 Å². The number of nitrogens with zero attached hydrogens (tertiary/aromatic N) is 2. The normalized spacial score (nSPS) is 14.4. The Hall–Kier alpha value is -2.65. The van der Waals surface area contributed by atoms with Crippen LogP contribution in [-0.2, 0) is 20.6 Å². The lowest BCUT2D eigenvalue weighted by Gasteiger charge is -2.15. The lowest BCUT2D eigenvalue weighted by atomic mass is 10.3. The average Bonchev–Trinajstić information content (AvgIpc) is 3.06. The maximum Gasteiger partial charge on any atom is 0.433 e. The molecule has 2 N–H and O–H groups in total. The van der Waals surface area contributed by atoms with Gasteiger partial charge in [0.25, 0.3) is 0 Å². The van der Waals surface area contributed by atoms with E-state index in [1.807, 2.05) is 0 Å². The maximum absolute atomic E-state index is 12.4. The molecule has 0 radical (unpaired) electrons. The molecule has 0 aliphatic carbocycles. The standard InChI is InChI=1S/C14H15F3N4O3/c15-14(16,17)10-4-3-9(7-18-10)20-13(24)12(23)19-8-11(22)21-5-1-2-6-21/h3-4,7H,1-2,5-6,8H2,(H,19,23)(H,20,24).